The van der Waals surface area contributed by atoms with E-state index in [1.165, 1.54) is 12.1 Å². The van der Waals surface area contributed by atoms with Crippen LogP contribution in [0.25, 0.3) is 0 Å². The smallest absolute Gasteiger partial charge is 0.166 e. The molecule has 0 atom stereocenters. The molecular weight excluding hydrogens is 320 g/mol. The van der Waals surface area contributed by atoms with Crippen molar-refractivity contribution in [3.63, 3.8) is 0 Å². The SMILES string of the molecule is C=Ic1ccc(C2(C(F)(F)F)N=N2)cc1. The Kier molecular flexibility index (Phi) is 2.40. The minimum Gasteiger partial charge on any atom is -0.166 e. The van der Waals surface area contributed by atoms with Crippen molar-refractivity contribution in [1.29, 1.82) is 0 Å². The van der Waals surface area contributed by atoms with Crippen molar-refractivity contribution < 1.29 is 13.2 Å². The summed E-state index contributed by atoms with van der Waals surface area (Å²) in [7, 11) is 0. The first-order chi connectivity index (χ1) is 6.99. The lowest BCUT2D eigenvalue weighted by atomic mass is 10.0. The number of hydrogen-bond acceptors (Lipinski definition) is 2. The van der Waals surface area contributed by atoms with Crippen molar-refractivity contribution in [2.24, 2.45) is 10.2 Å². The summed E-state index contributed by atoms with van der Waals surface area (Å²) in [5, 5.41) is 6.25. The minimum absolute atomic E-state index is 0.0798. The van der Waals surface area contributed by atoms with E-state index in [2.05, 4.69) is 14.7 Å². The summed E-state index contributed by atoms with van der Waals surface area (Å²) in [6, 6.07) is 6.17. The normalized spacial score (nSPS) is 17.8. The van der Waals surface area contributed by atoms with Gasteiger partial charge in [-0.25, -0.2) is 0 Å². The predicted octanol–water partition coefficient (Wildman–Crippen LogP) is 3.44. The first-order valence-corrected chi connectivity index (χ1v) is 6.60. The maximum Gasteiger partial charge on any atom is 0.442 e. The molecule has 6 heteroatoms. The Balaban J connectivity index is 2.35. The quantitative estimate of drug-likeness (QED) is 0.744. The van der Waals surface area contributed by atoms with E-state index in [-0.39, 0.29) is 26.3 Å². The summed E-state index contributed by atoms with van der Waals surface area (Å²) >= 11 is -0.341. The molecule has 1 aliphatic rings. The molecule has 0 aromatic heterocycles. The van der Waals surface area contributed by atoms with E-state index in [4.69, 9.17) is 0 Å². The largest absolute Gasteiger partial charge is 0.442 e. The van der Waals surface area contributed by atoms with E-state index in [1.54, 1.807) is 12.1 Å². The van der Waals surface area contributed by atoms with E-state index >= 15 is 0 Å². The van der Waals surface area contributed by atoms with Crippen LogP contribution in [0, 0.1) is 3.57 Å². The fourth-order valence-electron chi connectivity index (χ4n) is 1.21. The van der Waals surface area contributed by atoms with Crippen LogP contribution in [0.4, 0.5) is 13.2 Å². The van der Waals surface area contributed by atoms with Crippen LogP contribution in [0.15, 0.2) is 34.5 Å². The monoisotopic (exact) mass is 326 g/mol. The molecule has 0 unspecified atom stereocenters. The Hall–Kier alpha value is -0.790. The van der Waals surface area contributed by atoms with Crippen LogP contribution in [0.1, 0.15) is 5.56 Å². The van der Waals surface area contributed by atoms with Crippen LogP contribution in [0.5, 0.6) is 0 Å². The lowest BCUT2D eigenvalue weighted by Gasteiger charge is -2.14. The van der Waals surface area contributed by atoms with Gasteiger partial charge in [0.25, 0.3) is 0 Å². The zero-order chi connectivity index (χ0) is 11.1. The van der Waals surface area contributed by atoms with Gasteiger partial charge >= 0.3 is 11.8 Å². The molecule has 0 spiro atoms. The van der Waals surface area contributed by atoms with Gasteiger partial charge in [0.15, 0.2) is 0 Å². The fourth-order valence-corrected chi connectivity index (χ4v) is 2.08. The topological polar surface area (TPSA) is 24.7 Å². The summed E-state index contributed by atoms with van der Waals surface area (Å²) in [5.41, 5.74) is -2.21. The van der Waals surface area contributed by atoms with Crippen molar-refractivity contribution in [3.8, 4) is 0 Å². The summed E-state index contributed by atoms with van der Waals surface area (Å²) in [6.07, 6.45) is -4.44. The van der Waals surface area contributed by atoms with Crippen LogP contribution in [-0.2, 0) is 5.66 Å². The number of hydrogen-bond donors (Lipinski definition) is 0. The zero-order valence-corrected chi connectivity index (χ0v) is 9.58. The molecule has 0 saturated carbocycles. The average molecular weight is 326 g/mol. The van der Waals surface area contributed by atoms with Gasteiger partial charge < -0.3 is 0 Å². The standard InChI is InChI=1S/C9H6F3IN2/c1-13-7-4-2-6(3-5-7)8(14-15-8)9(10,11)12/h2-5H,1H2. The van der Waals surface area contributed by atoms with E-state index in [0.29, 0.717) is 0 Å². The lowest BCUT2D eigenvalue weighted by Crippen LogP contribution is -2.29. The second kappa shape index (κ2) is 3.36. The molecule has 0 aliphatic carbocycles. The van der Waals surface area contributed by atoms with Gasteiger partial charge in [-0.2, -0.15) is 13.2 Å². The highest BCUT2D eigenvalue weighted by molar-refractivity contribution is 14.2. The van der Waals surface area contributed by atoms with Crippen molar-refractivity contribution >= 4 is 25.2 Å². The van der Waals surface area contributed by atoms with E-state index in [0.717, 1.165) is 3.57 Å². The van der Waals surface area contributed by atoms with Gasteiger partial charge in [0.2, 0.25) is 0 Å². The van der Waals surface area contributed by atoms with Gasteiger partial charge in [-0.15, -0.1) is 10.2 Å². The predicted molar refractivity (Wildman–Crippen MR) is 58.9 cm³/mol. The van der Waals surface area contributed by atoms with Crippen molar-refractivity contribution in [1.82, 2.24) is 0 Å². The van der Waals surface area contributed by atoms with Crippen molar-refractivity contribution in [2.45, 2.75) is 11.8 Å². The number of nitrogens with zero attached hydrogens (tertiary/aromatic N) is 2. The molecule has 0 fully saturated rings. The number of halogens is 4. The highest BCUT2D eigenvalue weighted by Crippen LogP contribution is 2.52. The molecule has 80 valence electrons. The van der Waals surface area contributed by atoms with Crippen LogP contribution in [0.2, 0.25) is 0 Å². The van der Waals surface area contributed by atoms with Gasteiger partial charge in [-0.3, -0.25) is 0 Å². The third-order valence-electron chi connectivity index (χ3n) is 2.10. The Morgan fingerprint density at radius 2 is 1.67 bits per heavy atom. The molecule has 1 aliphatic heterocycles. The molecule has 0 bridgehead atoms. The average Bonchev–Trinajstić information content (AvgIpc) is 2.98. The first-order valence-electron chi connectivity index (χ1n) is 3.99. The Morgan fingerprint density at radius 1 is 1.13 bits per heavy atom. The number of benzene rings is 1. The molecule has 0 saturated heterocycles. The van der Waals surface area contributed by atoms with E-state index in [1.807, 2.05) is 0 Å². The lowest BCUT2D eigenvalue weighted by molar-refractivity contribution is -0.166. The fraction of sp³-hybridized carbons (Fsp3) is 0.222. The third kappa shape index (κ3) is 1.70. The maximum atomic E-state index is 12.6. The van der Waals surface area contributed by atoms with Crippen LogP contribution < -0.4 is 0 Å². The zero-order valence-electron chi connectivity index (χ0n) is 7.42. The van der Waals surface area contributed by atoms with Gasteiger partial charge in [-0.1, -0.05) is 37.4 Å². The summed E-state index contributed by atoms with van der Waals surface area (Å²) in [5.74, 6) is 0. The second-order valence-electron chi connectivity index (χ2n) is 3.01. The highest BCUT2D eigenvalue weighted by Gasteiger charge is 2.65. The molecule has 1 aromatic rings. The molecule has 15 heavy (non-hydrogen) atoms. The van der Waals surface area contributed by atoms with Crippen LogP contribution in [-0.4, -0.2) is 10.7 Å². The summed E-state index contributed by atoms with van der Waals surface area (Å²) in [6.45, 7) is 0. The van der Waals surface area contributed by atoms with Gasteiger partial charge in [0.1, 0.15) is 0 Å². The molecule has 1 aromatic carbocycles. The molecular formula is C9H6F3IN2. The molecule has 0 radical (unpaired) electrons. The van der Waals surface area contributed by atoms with Crippen molar-refractivity contribution in [3.05, 3.63) is 33.4 Å². The third-order valence-corrected chi connectivity index (χ3v) is 3.70. The molecule has 0 amide bonds. The van der Waals surface area contributed by atoms with Gasteiger partial charge in [-0.05, 0) is 12.1 Å². The Morgan fingerprint density at radius 3 is 2.00 bits per heavy atom. The highest BCUT2D eigenvalue weighted by atomic mass is 127. The Labute approximate surface area is 94.0 Å². The molecule has 0 N–H and O–H groups in total. The van der Waals surface area contributed by atoms with E-state index < -0.39 is 11.8 Å². The number of rotatable bonds is 2. The van der Waals surface area contributed by atoms with Gasteiger partial charge in [0, 0.05) is 9.13 Å². The maximum absolute atomic E-state index is 12.6. The molecule has 2 nitrogen and oxygen atoms in total. The number of alkyl halides is 3. The van der Waals surface area contributed by atoms with E-state index in [9.17, 15) is 13.2 Å². The van der Waals surface area contributed by atoms with Crippen LogP contribution >= 0.6 is 20.7 Å². The first kappa shape index (κ1) is 10.7. The molecule has 2 rings (SSSR count). The molecule has 1 heterocycles. The van der Waals surface area contributed by atoms with Crippen LogP contribution in [0.3, 0.4) is 0 Å². The van der Waals surface area contributed by atoms with Gasteiger partial charge in [0.05, 0.1) is 0 Å². The Bertz CT molecular complexity index is 416. The van der Waals surface area contributed by atoms with Crippen molar-refractivity contribution in [2.75, 3.05) is 0 Å². The second-order valence-corrected chi connectivity index (χ2v) is 5.02. The summed E-state index contributed by atoms with van der Waals surface area (Å²) in [4.78, 5) is 0. The summed E-state index contributed by atoms with van der Waals surface area (Å²) < 4.78 is 42.5. The minimum atomic E-state index is -4.44.